The van der Waals surface area contributed by atoms with E-state index in [0.29, 0.717) is 6.42 Å². The summed E-state index contributed by atoms with van der Waals surface area (Å²) in [6.45, 7) is 2.14. The van der Waals surface area contributed by atoms with Crippen molar-refractivity contribution >= 4 is 11.9 Å². The first-order valence-electron chi connectivity index (χ1n) is 6.16. The smallest absolute Gasteiger partial charge is 0.326 e. The molecule has 102 valence electrons. The van der Waals surface area contributed by atoms with Crippen LogP contribution in [0.1, 0.15) is 26.2 Å². The Labute approximate surface area is 105 Å². The molecule has 3 N–H and O–H groups in total. The number of hydrogen-bond acceptors (Lipinski definition) is 5. The molecule has 0 spiro atoms. The molecule has 0 aromatic rings. The highest BCUT2D eigenvalue weighted by atomic mass is 16.6. The third-order valence-corrected chi connectivity index (χ3v) is 3.30. The average Bonchev–Trinajstić information content (AvgIpc) is 2.58. The maximum atomic E-state index is 11.6. The van der Waals surface area contributed by atoms with Crippen LogP contribution in [0.2, 0.25) is 0 Å². The van der Waals surface area contributed by atoms with Crippen LogP contribution in [-0.4, -0.2) is 58.1 Å². The second-order valence-corrected chi connectivity index (χ2v) is 4.63. The number of urea groups is 1. The molecular weight excluding hydrogens is 240 g/mol. The Kier molecular flexibility index (Phi) is 3.84. The van der Waals surface area contributed by atoms with Crippen LogP contribution in [-0.2, 0) is 9.53 Å². The first-order valence-corrected chi connectivity index (χ1v) is 6.16. The highest BCUT2D eigenvalue weighted by Crippen LogP contribution is 2.27. The largest absolute Gasteiger partial charge is 0.388 e. The molecule has 0 aromatic heterocycles. The second-order valence-electron chi connectivity index (χ2n) is 4.63. The lowest BCUT2D eigenvalue weighted by atomic mass is 10.1. The Hall–Kier alpha value is -1.18. The molecule has 2 heterocycles. The summed E-state index contributed by atoms with van der Waals surface area (Å²) in [5, 5.41) is 21.9. The number of nitrogens with one attached hydrogen (secondary N) is 1. The van der Waals surface area contributed by atoms with E-state index >= 15 is 0 Å². The van der Waals surface area contributed by atoms with E-state index in [9.17, 15) is 19.8 Å². The van der Waals surface area contributed by atoms with Crippen molar-refractivity contribution < 1.29 is 24.5 Å². The average molecular weight is 258 g/mol. The zero-order valence-electron chi connectivity index (χ0n) is 10.2. The standard InChI is InChI=1S/C11H18N2O5/c1-2-3-6-8(15)9(16)10(18-6)13-5-4-7(14)12-11(13)17/h6,8-10,15-16H,2-5H2,1H3,(H,12,14,17). The van der Waals surface area contributed by atoms with E-state index in [4.69, 9.17) is 4.74 Å². The summed E-state index contributed by atoms with van der Waals surface area (Å²) in [7, 11) is 0. The molecular formula is C11H18N2O5. The predicted octanol–water partition coefficient (Wildman–Crippen LogP) is -0.825. The van der Waals surface area contributed by atoms with Crippen molar-refractivity contribution in [1.29, 1.82) is 0 Å². The van der Waals surface area contributed by atoms with Gasteiger partial charge in [0.2, 0.25) is 5.91 Å². The summed E-state index contributed by atoms with van der Waals surface area (Å²) in [5.41, 5.74) is 0. The van der Waals surface area contributed by atoms with Crippen LogP contribution in [0.5, 0.6) is 0 Å². The van der Waals surface area contributed by atoms with E-state index in [1.165, 1.54) is 4.90 Å². The van der Waals surface area contributed by atoms with Crippen molar-refractivity contribution in [2.45, 2.75) is 50.7 Å². The van der Waals surface area contributed by atoms with E-state index in [1.807, 2.05) is 6.92 Å². The van der Waals surface area contributed by atoms with Crippen molar-refractivity contribution in [1.82, 2.24) is 10.2 Å². The Morgan fingerprint density at radius 1 is 1.39 bits per heavy atom. The molecule has 2 aliphatic heterocycles. The molecule has 2 fully saturated rings. The van der Waals surface area contributed by atoms with E-state index in [-0.39, 0.29) is 18.9 Å². The number of ether oxygens (including phenoxy) is 1. The second kappa shape index (κ2) is 5.21. The molecule has 0 aromatic carbocycles. The molecule has 18 heavy (non-hydrogen) atoms. The monoisotopic (exact) mass is 258 g/mol. The number of nitrogens with zero attached hydrogens (tertiary/aromatic N) is 1. The van der Waals surface area contributed by atoms with E-state index < -0.39 is 30.6 Å². The number of amides is 3. The summed E-state index contributed by atoms with van der Waals surface area (Å²) in [5.74, 6) is -0.339. The zero-order valence-corrected chi connectivity index (χ0v) is 10.2. The lowest BCUT2D eigenvalue weighted by Crippen LogP contribution is -2.56. The van der Waals surface area contributed by atoms with Crippen LogP contribution in [0, 0.1) is 0 Å². The van der Waals surface area contributed by atoms with Gasteiger partial charge in [-0.3, -0.25) is 15.0 Å². The zero-order chi connectivity index (χ0) is 13.3. The molecule has 4 atom stereocenters. The number of carbonyl (C=O) groups excluding carboxylic acids is 2. The van der Waals surface area contributed by atoms with Gasteiger partial charge in [-0.25, -0.2) is 4.79 Å². The number of aliphatic hydroxyl groups is 2. The molecule has 7 heteroatoms. The van der Waals surface area contributed by atoms with Crippen molar-refractivity contribution in [3.05, 3.63) is 0 Å². The first kappa shape index (κ1) is 13.3. The lowest BCUT2D eigenvalue weighted by molar-refractivity contribution is -0.125. The van der Waals surface area contributed by atoms with Crippen LogP contribution in [0.3, 0.4) is 0 Å². The summed E-state index contributed by atoms with van der Waals surface area (Å²) < 4.78 is 5.53. The number of imide groups is 1. The van der Waals surface area contributed by atoms with Crippen molar-refractivity contribution in [3.8, 4) is 0 Å². The van der Waals surface area contributed by atoms with Gasteiger partial charge < -0.3 is 14.9 Å². The molecule has 0 aliphatic carbocycles. The predicted molar refractivity (Wildman–Crippen MR) is 60.4 cm³/mol. The Balaban J connectivity index is 2.05. The van der Waals surface area contributed by atoms with Gasteiger partial charge in [-0.05, 0) is 6.42 Å². The summed E-state index contributed by atoms with van der Waals surface area (Å²) in [6.07, 6.45) is -1.90. The van der Waals surface area contributed by atoms with Gasteiger partial charge in [-0.2, -0.15) is 0 Å². The quantitative estimate of drug-likeness (QED) is 0.614. The van der Waals surface area contributed by atoms with E-state index in [1.54, 1.807) is 0 Å². The van der Waals surface area contributed by atoms with Gasteiger partial charge in [0.1, 0.15) is 12.2 Å². The molecule has 3 amide bonds. The van der Waals surface area contributed by atoms with Crippen LogP contribution >= 0.6 is 0 Å². The van der Waals surface area contributed by atoms with Crippen molar-refractivity contribution in [2.24, 2.45) is 0 Å². The fraction of sp³-hybridized carbons (Fsp3) is 0.818. The topological polar surface area (TPSA) is 99.1 Å². The van der Waals surface area contributed by atoms with Gasteiger partial charge >= 0.3 is 6.03 Å². The minimum absolute atomic E-state index is 0.173. The molecule has 0 radical (unpaired) electrons. The number of rotatable bonds is 3. The van der Waals surface area contributed by atoms with Crippen LogP contribution < -0.4 is 5.32 Å². The molecule has 4 unspecified atom stereocenters. The van der Waals surface area contributed by atoms with Gasteiger partial charge in [0.05, 0.1) is 6.10 Å². The van der Waals surface area contributed by atoms with Crippen LogP contribution in [0.15, 0.2) is 0 Å². The normalized spacial score (nSPS) is 36.9. The van der Waals surface area contributed by atoms with Gasteiger partial charge in [-0.1, -0.05) is 13.3 Å². The molecule has 0 bridgehead atoms. The van der Waals surface area contributed by atoms with Gasteiger partial charge in [0.15, 0.2) is 6.23 Å². The molecule has 2 aliphatic rings. The minimum atomic E-state index is -1.14. The number of aliphatic hydroxyl groups excluding tert-OH is 2. The third-order valence-electron chi connectivity index (χ3n) is 3.30. The van der Waals surface area contributed by atoms with Crippen molar-refractivity contribution in [3.63, 3.8) is 0 Å². The highest BCUT2D eigenvalue weighted by molar-refractivity contribution is 5.96. The number of carbonyl (C=O) groups is 2. The molecule has 0 saturated carbocycles. The first-order chi connectivity index (χ1) is 8.54. The van der Waals surface area contributed by atoms with Gasteiger partial charge in [-0.15, -0.1) is 0 Å². The maximum Gasteiger partial charge on any atom is 0.326 e. The Morgan fingerprint density at radius 3 is 2.72 bits per heavy atom. The van der Waals surface area contributed by atoms with Crippen LogP contribution in [0.4, 0.5) is 4.79 Å². The van der Waals surface area contributed by atoms with E-state index in [2.05, 4.69) is 5.32 Å². The summed E-state index contributed by atoms with van der Waals surface area (Å²) >= 11 is 0. The Bertz CT molecular complexity index is 348. The third kappa shape index (κ3) is 2.33. The van der Waals surface area contributed by atoms with Crippen LogP contribution in [0.25, 0.3) is 0 Å². The van der Waals surface area contributed by atoms with Crippen molar-refractivity contribution in [2.75, 3.05) is 6.54 Å². The van der Waals surface area contributed by atoms with Gasteiger partial charge in [0, 0.05) is 13.0 Å². The SMILES string of the molecule is CCCC1OC(N2CCC(=O)NC2=O)C(O)C1O. The highest BCUT2D eigenvalue weighted by Gasteiger charge is 2.47. The van der Waals surface area contributed by atoms with E-state index in [0.717, 1.165) is 6.42 Å². The lowest BCUT2D eigenvalue weighted by Gasteiger charge is -2.32. The van der Waals surface area contributed by atoms with Gasteiger partial charge in [0.25, 0.3) is 0 Å². The fourth-order valence-electron chi connectivity index (χ4n) is 2.33. The molecule has 2 rings (SSSR count). The number of hydrogen-bond donors (Lipinski definition) is 3. The maximum absolute atomic E-state index is 11.6. The summed E-state index contributed by atoms with van der Waals surface area (Å²) in [4.78, 5) is 23.9. The minimum Gasteiger partial charge on any atom is -0.388 e. The molecule has 7 nitrogen and oxygen atoms in total. The molecule has 2 saturated heterocycles. The fourth-order valence-corrected chi connectivity index (χ4v) is 2.33. The Morgan fingerprint density at radius 2 is 2.11 bits per heavy atom. The summed E-state index contributed by atoms with van der Waals surface area (Å²) in [6, 6.07) is -0.584.